The van der Waals surface area contributed by atoms with E-state index in [4.69, 9.17) is 0 Å². The van der Waals surface area contributed by atoms with Crippen molar-refractivity contribution >= 4 is 38.2 Å². The number of hydrogen-bond donors (Lipinski definition) is 2. The number of rotatable bonds is 3. The third-order valence-electron chi connectivity index (χ3n) is 4.26. The Morgan fingerprint density at radius 1 is 1.33 bits per heavy atom. The predicted molar refractivity (Wildman–Crippen MR) is 92.8 cm³/mol. The summed E-state index contributed by atoms with van der Waals surface area (Å²) in [6.07, 6.45) is 3.68. The molecule has 0 aliphatic heterocycles. The number of aryl methyl sites for hydroxylation is 1. The van der Waals surface area contributed by atoms with Gasteiger partial charge < -0.3 is 10.3 Å². The zero-order valence-electron chi connectivity index (χ0n) is 11.7. The number of H-pyrrole nitrogens is 1. The molecule has 0 saturated carbocycles. The Bertz CT molecular complexity index is 774. The Kier molecular flexibility index (Phi) is 3.61. The Hall–Kier alpha value is -1.10. The highest BCUT2D eigenvalue weighted by Crippen LogP contribution is 2.35. The van der Waals surface area contributed by atoms with Crippen molar-refractivity contribution in [2.45, 2.75) is 31.8 Å². The molecule has 1 unspecified atom stereocenters. The molecule has 2 nitrogen and oxygen atoms in total. The zero-order chi connectivity index (χ0) is 14.2. The van der Waals surface area contributed by atoms with Gasteiger partial charge in [-0.25, -0.2) is 0 Å². The summed E-state index contributed by atoms with van der Waals surface area (Å²) in [6, 6.07) is 11.3. The van der Waals surface area contributed by atoms with Gasteiger partial charge in [0.25, 0.3) is 0 Å². The van der Waals surface area contributed by atoms with Crippen LogP contribution in [0.1, 0.15) is 35.0 Å². The van der Waals surface area contributed by atoms with Gasteiger partial charge in [0, 0.05) is 43.9 Å². The van der Waals surface area contributed by atoms with Gasteiger partial charge in [0.05, 0.1) is 0 Å². The van der Waals surface area contributed by atoms with Crippen LogP contribution < -0.4 is 5.32 Å². The maximum atomic E-state index is 3.73. The molecule has 2 aromatic heterocycles. The smallest absolute Gasteiger partial charge is 0.0479 e. The van der Waals surface area contributed by atoms with Crippen molar-refractivity contribution in [2.75, 3.05) is 0 Å². The van der Waals surface area contributed by atoms with Gasteiger partial charge in [-0.3, -0.25) is 0 Å². The van der Waals surface area contributed by atoms with Gasteiger partial charge >= 0.3 is 0 Å². The van der Waals surface area contributed by atoms with Crippen LogP contribution in [0.2, 0.25) is 0 Å². The van der Waals surface area contributed by atoms with Crippen molar-refractivity contribution < 1.29 is 0 Å². The number of para-hydroxylation sites is 1. The fourth-order valence-corrected chi connectivity index (χ4v) is 4.69. The molecule has 0 spiro atoms. The molecule has 3 aromatic rings. The van der Waals surface area contributed by atoms with Crippen LogP contribution in [0.3, 0.4) is 0 Å². The molecule has 0 radical (unpaired) electrons. The summed E-state index contributed by atoms with van der Waals surface area (Å²) in [4.78, 5) is 5.02. The zero-order valence-corrected chi connectivity index (χ0v) is 14.1. The van der Waals surface area contributed by atoms with E-state index in [1.165, 1.54) is 50.8 Å². The molecular weight excluding hydrogens is 344 g/mol. The molecule has 0 fully saturated rings. The van der Waals surface area contributed by atoms with E-state index in [1.54, 1.807) is 11.3 Å². The summed E-state index contributed by atoms with van der Waals surface area (Å²) in [5.74, 6) is 0. The minimum atomic E-state index is 0.446. The number of aromatic nitrogens is 1. The molecule has 1 aliphatic rings. The largest absolute Gasteiger partial charge is 0.357 e. The number of fused-ring (bicyclic) bond motifs is 3. The fourth-order valence-electron chi connectivity index (χ4n) is 3.29. The number of thiophene rings is 1. The van der Waals surface area contributed by atoms with Crippen molar-refractivity contribution in [3.8, 4) is 0 Å². The molecule has 4 rings (SSSR count). The summed E-state index contributed by atoms with van der Waals surface area (Å²) in [6.45, 7) is 0.940. The molecule has 0 saturated heterocycles. The van der Waals surface area contributed by atoms with Crippen LogP contribution in [-0.2, 0) is 13.0 Å². The topological polar surface area (TPSA) is 27.8 Å². The summed E-state index contributed by atoms with van der Waals surface area (Å²) in [5, 5.41) is 7.27. The SMILES string of the molecule is Brc1csc(CNC2CCCc3c2[nH]c2ccccc32)c1. The Balaban J connectivity index is 1.61. The minimum Gasteiger partial charge on any atom is -0.357 e. The summed E-state index contributed by atoms with van der Waals surface area (Å²) in [5.41, 5.74) is 4.19. The van der Waals surface area contributed by atoms with Gasteiger partial charge in [-0.15, -0.1) is 11.3 Å². The van der Waals surface area contributed by atoms with Gasteiger partial charge in [-0.1, -0.05) is 18.2 Å². The van der Waals surface area contributed by atoms with Gasteiger partial charge in [0.2, 0.25) is 0 Å². The van der Waals surface area contributed by atoms with Crippen LogP contribution in [0.25, 0.3) is 10.9 Å². The van der Waals surface area contributed by atoms with Crippen molar-refractivity contribution in [3.63, 3.8) is 0 Å². The van der Waals surface area contributed by atoms with E-state index in [2.05, 4.69) is 61.9 Å². The Morgan fingerprint density at radius 2 is 2.24 bits per heavy atom. The highest BCUT2D eigenvalue weighted by molar-refractivity contribution is 9.10. The maximum Gasteiger partial charge on any atom is 0.0479 e. The van der Waals surface area contributed by atoms with Gasteiger partial charge in [-0.2, -0.15) is 0 Å². The van der Waals surface area contributed by atoms with E-state index >= 15 is 0 Å². The molecule has 0 bridgehead atoms. The quantitative estimate of drug-likeness (QED) is 0.663. The first-order valence-electron chi connectivity index (χ1n) is 7.37. The second-order valence-corrected chi connectivity index (χ2v) is 7.53. The second kappa shape index (κ2) is 5.59. The van der Waals surface area contributed by atoms with E-state index in [0.29, 0.717) is 6.04 Å². The number of aromatic amines is 1. The fraction of sp³-hybridized carbons (Fsp3) is 0.294. The van der Waals surface area contributed by atoms with Crippen LogP contribution >= 0.6 is 27.3 Å². The molecule has 1 atom stereocenters. The Labute approximate surface area is 136 Å². The average molecular weight is 361 g/mol. The lowest BCUT2D eigenvalue weighted by Crippen LogP contribution is -2.24. The first-order valence-corrected chi connectivity index (χ1v) is 9.04. The van der Waals surface area contributed by atoms with Gasteiger partial charge in [0.1, 0.15) is 0 Å². The normalized spacial score (nSPS) is 18.0. The van der Waals surface area contributed by atoms with Gasteiger partial charge in [-0.05, 0) is 52.9 Å². The van der Waals surface area contributed by atoms with E-state index < -0.39 is 0 Å². The van der Waals surface area contributed by atoms with Crippen LogP contribution in [0.5, 0.6) is 0 Å². The summed E-state index contributed by atoms with van der Waals surface area (Å²) < 4.78 is 1.18. The van der Waals surface area contributed by atoms with Crippen LogP contribution in [0.4, 0.5) is 0 Å². The standard InChI is InChI=1S/C17H17BrN2S/c18-11-8-12(21-10-11)9-19-16-7-3-5-14-13-4-1-2-6-15(13)20-17(14)16/h1-2,4,6,8,10,16,19-20H,3,5,7,9H2. The molecule has 21 heavy (non-hydrogen) atoms. The summed E-state index contributed by atoms with van der Waals surface area (Å²) >= 11 is 5.33. The van der Waals surface area contributed by atoms with Crippen molar-refractivity contribution in [1.29, 1.82) is 0 Å². The van der Waals surface area contributed by atoms with Gasteiger partial charge in [0.15, 0.2) is 0 Å². The maximum absolute atomic E-state index is 3.73. The van der Waals surface area contributed by atoms with E-state index in [-0.39, 0.29) is 0 Å². The molecule has 2 heterocycles. The average Bonchev–Trinajstić information content (AvgIpc) is 3.09. The van der Waals surface area contributed by atoms with Crippen molar-refractivity contribution in [2.24, 2.45) is 0 Å². The molecular formula is C17H17BrN2S. The highest BCUT2D eigenvalue weighted by Gasteiger charge is 2.23. The molecule has 2 N–H and O–H groups in total. The third kappa shape index (κ3) is 2.56. The molecule has 1 aromatic carbocycles. The molecule has 0 amide bonds. The molecule has 4 heteroatoms. The number of nitrogens with one attached hydrogen (secondary N) is 2. The third-order valence-corrected chi connectivity index (χ3v) is 5.96. The van der Waals surface area contributed by atoms with E-state index in [0.717, 1.165) is 6.54 Å². The first kappa shape index (κ1) is 13.6. The van der Waals surface area contributed by atoms with Crippen LogP contribution in [-0.4, -0.2) is 4.98 Å². The minimum absolute atomic E-state index is 0.446. The summed E-state index contributed by atoms with van der Waals surface area (Å²) in [7, 11) is 0. The van der Waals surface area contributed by atoms with Crippen molar-refractivity contribution in [3.05, 3.63) is 56.3 Å². The van der Waals surface area contributed by atoms with Crippen molar-refractivity contribution in [1.82, 2.24) is 10.3 Å². The lowest BCUT2D eigenvalue weighted by atomic mass is 9.91. The lowest BCUT2D eigenvalue weighted by molar-refractivity contribution is 0.454. The van der Waals surface area contributed by atoms with Crippen LogP contribution in [0.15, 0.2) is 40.2 Å². The number of hydrogen-bond acceptors (Lipinski definition) is 2. The highest BCUT2D eigenvalue weighted by atomic mass is 79.9. The Morgan fingerprint density at radius 3 is 3.10 bits per heavy atom. The number of halogens is 1. The van der Waals surface area contributed by atoms with E-state index in [9.17, 15) is 0 Å². The second-order valence-electron chi connectivity index (χ2n) is 5.62. The predicted octanol–water partition coefficient (Wildman–Crippen LogP) is 5.16. The van der Waals surface area contributed by atoms with Crippen LogP contribution in [0, 0.1) is 0 Å². The van der Waals surface area contributed by atoms with E-state index in [1.807, 2.05) is 0 Å². The first-order chi connectivity index (χ1) is 10.3. The number of benzene rings is 1. The molecule has 108 valence electrons. The monoisotopic (exact) mass is 360 g/mol. The molecule has 1 aliphatic carbocycles. The lowest BCUT2D eigenvalue weighted by Gasteiger charge is -2.23.